The molecule has 0 aliphatic carbocycles. The Labute approximate surface area is 96.6 Å². The highest BCUT2D eigenvalue weighted by atomic mass is 35.5. The Morgan fingerprint density at radius 3 is 2.69 bits per heavy atom. The lowest BCUT2D eigenvalue weighted by molar-refractivity contribution is 0.271. The number of nitrogens with zero attached hydrogens (tertiary/aromatic N) is 2. The monoisotopic (exact) mass is 236 g/mol. The number of hydrogen-bond acceptors (Lipinski definition) is 3. The molecule has 0 aliphatic rings. The van der Waals surface area contributed by atoms with E-state index in [-0.39, 0.29) is 16.2 Å². The van der Waals surface area contributed by atoms with Crippen LogP contribution in [0.2, 0.25) is 5.02 Å². The average Bonchev–Trinajstić information content (AvgIpc) is 2.28. The van der Waals surface area contributed by atoms with Gasteiger partial charge in [-0.2, -0.15) is 10.5 Å². The van der Waals surface area contributed by atoms with E-state index in [1.165, 1.54) is 24.3 Å². The fourth-order valence-corrected chi connectivity index (χ4v) is 1.26. The number of aliphatic hydroxyl groups excluding tert-OH is 1. The number of halogens is 2. The first-order valence-electron chi connectivity index (χ1n) is 4.23. The molecule has 0 heterocycles. The Morgan fingerprint density at radius 1 is 1.50 bits per heavy atom. The van der Waals surface area contributed by atoms with Gasteiger partial charge >= 0.3 is 0 Å². The molecule has 0 aromatic heterocycles. The Kier molecular flexibility index (Phi) is 4.02. The van der Waals surface area contributed by atoms with Crippen LogP contribution < -0.4 is 0 Å². The number of hydrogen-bond donors (Lipinski definition) is 1. The third-order valence-electron chi connectivity index (χ3n) is 1.85. The molecule has 0 spiro atoms. The molecule has 1 N–H and O–H groups in total. The Hall–Kier alpha value is -1.88. The standard InChI is InChI=1S/C11H6ClFN2O/c12-9-2-1-3-10(13)8(9)4-7(5-14)11(16)6-15/h1-4,11,16H. The average molecular weight is 237 g/mol. The van der Waals surface area contributed by atoms with E-state index in [4.69, 9.17) is 27.2 Å². The molecule has 1 aromatic carbocycles. The first kappa shape index (κ1) is 12.2. The minimum Gasteiger partial charge on any atom is -0.373 e. The van der Waals surface area contributed by atoms with Crippen molar-refractivity contribution in [2.75, 3.05) is 0 Å². The lowest BCUT2D eigenvalue weighted by Crippen LogP contribution is -2.05. The molecule has 1 rings (SSSR count). The first-order chi connectivity index (χ1) is 7.60. The zero-order valence-corrected chi connectivity index (χ0v) is 8.74. The quantitative estimate of drug-likeness (QED) is 0.633. The van der Waals surface area contributed by atoms with Crippen LogP contribution >= 0.6 is 11.6 Å². The van der Waals surface area contributed by atoms with Crippen molar-refractivity contribution in [1.82, 2.24) is 0 Å². The van der Waals surface area contributed by atoms with Crippen LogP contribution in [0.25, 0.3) is 6.08 Å². The van der Waals surface area contributed by atoms with Crippen molar-refractivity contribution in [2.24, 2.45) is 0 Å². The van der Waals surface area contributed by atoms with Crippen molar-refractivity contribution in [2.45, 2.75) is 6.10 Å². The van der Waals surface area contributed by atoms with E-state index in [0.717, 1.165) is 6.08 Å². The van der Waals surface area contributed by atoms with Gasteiger partial charge < -0.3 is 5.11 Å². The predicted molar refractivity (Wildman–Crippen MR) is 56.6 cm³/mol. The van der Waals surface area contributed by atoms with Gasteiger partial charge in [0.2, 0.25) is 0 Å². The van der Waals surface area contributed by atoms with Gasteiger partial charge in [-0.25, -0.2) is 4.39 Å². The topological polar surface area (TPSA) is 67.8 Å². The molecule has 80 valence electrons. The van der Waals surface area contributed by atoms with Crippen LogP contribution in [-0.4, -0.2) is 11.2 Å². The normalized spacial score (nSPS) is 12.7. The van der Waals surface area contributed by atoms with Crippen molar-refractivity contribution < 1.29 is 9.50 Å². The van der Waals surface area contributed by atoms with Crippen molar-refractivity contribution in [1.29, 1.82) is 10.5 Å². The van der Waals surface area contributed by atoms with Gasteiger partial charge in [0.25, 0.3) is 0 Å². The van der Waals surface area contributed by atoms with Gasteiger partial charge in [-0.1, -0.05) is 17.7 Å². The molecule has 0 aliphatic heterocycles. The van der Waals surface area contributed by atoms with Crippen LogP contribution in [-0.2, 0) is 0 Å². The SMILES string of the molecule is N#CC(=Cc1c(F)cccc1Cl)C(O)C#N. The lowest BCUT2D eigenvalue weighted by atomic mass is 10.1. The molecule has 3 nitrogen and oxygen atoms in total. The van der Waals surface area contributed by atoms with Crippen LogP contribution in [0, 0.1) is 28.5 Å². The summed E-state index contributed by atoms with van der Waals surface area (Å²) in [7, 11) is 0. The van der Waals surface area contributed by atoms with Gasteiger partial charge in [-0.3, -0.25) is 0 Å². The molecular weight excluding hydrogens is 231 g/mol. The second kappa shape index (κ2) is 5.27. The summed E-state index contributed by atoms with van der Waals surface area (Å²) < 4.78 is 13.3. The van der Waals surface area contributed by atoms with Gasteiger partial charge in [0.15, 0.2) is 6.10 Å². The van der Waals surface area contributed by atoms with Crippen LogP contribution in [0.1, 0.15) is 5.56 Å². The fraction of sp³-hybridized carbons (Fsp3) is 0.0909. The summed E-state index contributed by atoms with van der Waals surface area (Å²) in [6.45, 7) is 0. The summed E-state index contributed by atoms with van der Waals surface area (Å²) in [5.41, 5.74) is -0.274. The number of benzene rings is 1. The molecule has 0 bridgehead atoms. The maximum Gasteiger partial charge on any atom is 0.175 e. The molecule has 0 saturated carbocycles. The number of rotatable bonds is 2. The molecule has 0 fully saturated rings. The first-order valence-corrected chi connectivity index (χ1v) is 4.61. The van der Waals surface area contributed by atoms with Crippen LogP contribution in [0.3, 0.4) is 0 Å². The summed E-state index contributed by atoms with van der Waals surface area (Å²) in [4.78, 5) is 0. The van der Waals surface area contributed by atoms with Gasteiger partial charge in [-0.05, 0) is 18.2 Å². The second-order valence-corrected chi connectivity index (χ2v) is 3.29. The van der Waals surface area contributed by atoms with Gasteiger partial charge in [0.05, 0.1) is 22.7 Å². The number of aliphatic hydroxyl groups is 1. The molecule has 0 amide bonds. The maximum atomic E-state index is 13.3. The highest BCUT2D eigenvalue weighted by Crippen LogP contribution is 2.22. The summed E-state index contributed by atoms with van der Waals surface area (Å²) in [6.07, 6.45) is -0.522. The fourth-order valence-electron chi connectivity index (χ4n) is 1.05. The summed E-state index contributed by atoms with van der Waals surface area (Å²) in [6, 6.07) is 7.13. The van der Waals surface area contributed by atoms with E-state index >= 15 is 0 Å². The zero-order chi connectivity index (χ0) is 12.1. The second-order valence-electron chi connectivity index (χ2n) is 2.88. The van der Waals surface area contributed by atoms with Crippen molar-refractivity contribution in [3.63, 3.8) is 0 Å². The summed E-state index contributed by atoms with van der Waals surface area (Å²) >= 11 is 5.72. The largest absolute Gasteiger partial charge is 0.373 e. The minimum absolute atomic E-state index is 0.0185. The Balaban J connectivity index is 3.27. The van der Waals surface area contributed by atoms with E-state index in [1.54, 1.807) is 6.07 Å². The zero-order valence-electron chi connectivity index (χ0n) is 7.98. The maximum absolute atomic E-state index is 13.3. The van der Waals surface area contributed by atoms with E-state index in [9.17, 15) is 4.39 Å². The Morgan fingerprint density at radius 2 is 2.19 bits per heavy atom. The van der Waals surface area contributed by atoms with E-state index in [2.05, 4.69) is 0 Å². The van der Waals surface area contributed by atoms with Crippen molar-refractivity contribution >= 4 is 17.7 Å². The van der Waals surface area contributed by atoms with E-state index in [1.807, 2.05) is 0 Å². The van der Waals surface area contributed by atoms with Crippen molar-refractivity contribution in [3.05, 3.63) is 40.2 Å². The minimum atomic E-state index is -1.58. The van der Waals surface area contributed by atoms with Gasteiger partial charge in [-0.15, -0.1) is 0 Å². The van der Waals surface area contributed by atoms with E-state index < -0.39 is 11.9 Å². The van der Waals surface area contributed by atoms with Gasteiger partial charge in [0, 0.05) is 5.56 Å². The van der Waals surface area contributed by atoms with Crippen LogP contribution in [0.4, 0.5) is 4.39 Å². The highest BCUT2D eigenvalue weighted by Gasteiger charge is 2.12. The molecule has 16 heavy (non-hydrogen) atoms. The van der Waals surface area contributed by atoms with Crippen LogP contribution in [0.5, 0.6) is 0 Å². The molecule has 1 aromatic rings. The smallest absolute Gasteiger partial charge is 0.175 e. The third kappa shape index (κ3) is 2.58. The molecule has 1 unspecified atom stereocenters. The van der Waals surface area contributed by atoms with Crippen LogP contribution in [0.15, 0.2) is 23.8 Å². The van der Waals surface area contributed by atoms with Gasteiger partial charge in [0.1, 0.15) is 5.82 Å². The molecular formula is C11H6ClFN2O. The molecule has 1 atom stereocenters. The Bertz CT molecular complexity index is 493. The summed E-state index contributed by atoms with van der Waals surface area (Å²) in [5.74, 6) is -0.620. The lowest BCUT2D eigenvalue weighted by Gasteiger charge is -2.02. The molecule has 0 saturated heterocycles. The van der Waals surface area contributed by atoms with E-state index in [0.29, 0.717) is 0 Å². The molecule has 0 radical (unpaired) electrons. The third-order valence-corrected chi connectivity index (χ3v) is 2.18. The number of nitriles is 2. The van der Waals surface area contributed by atoms with Crippen molar-refractivity contribution in [3.8, 4) is 12.1 Å². The molecule has 5 heteroatoms. The summed E-state index contributed by atoms with van der Waals surface area (Å²) in [5, 5.41) is 26.4. The predicted octanol–water partition coefficient (Wildman–Crippen LogP) is 2.27. The highest BCUT2D eigenvalue weighted by molar-refractivity contribution is 6.32.